The van der Waals surface area contributed by atoms with E-state index in [-0.39, 0.29) is 5.41 Å². The molecular formula is C47H47N2P. The Morgan fingerprint density at radius 1 is 0.840 bits per heavy atom. The molecule has 6 aliphatic rings. The highest BCUT2D eigenvalue weighted by Gasteiger charge is 2.42. The van der Waals surface area contributed by atoms with Crippen molar-refractivity contribution in [1.82, 2.24) is 4.57 Å². The Kier molecular flexibility index (Phi) is 8.05. The first-order chi connectivity index (χ1) is 24.5. The quantitative estimate of drug-likeness (QED) is 0.237. The predicted octanol–water partition coefficient (Wildman–Crippen LogP) is 11.2. The van der Waals surface area contributed by atoms with Crippen molar-refractivity contribution in [1.29, 1.82) is 0 Å². The number of hydrogen-bond donors (Lipinski definition) is 0. The smallest absolute Gasteiger partial charge is 0.0562 e. The number of allylic oxidation sites excluding steroid dienone is 15. The molecule has 2 aromatic carbocycles. The zero-order valence-corrected chi connectivity index (χ0v) is 30.5. The third kappa shape index (κ3) is 5.35. The molecule has 0 spiro atoms. The number of benzene rings is 2. The van der Waals surface area contributed by atoms with E-state index in [1.165, 1.54) is 49.9 Å². The van der Waals surface area contributed by atoms with Gasteiger partial charge in [0.1, 0.15) is 0 Å². The van der Waals surface area contributed by atoms with Gasteiger partial charge in [-0.2, -0.15) is 0 Å². The lowest BCUT2D eigenvalue weighted by atomic mass is 9.77. The van der Waals surface area contributed by atoms with Gasteiger partial charge in [0.15, 0.2) is 0 Å². The van der Waals surface area contributed by atoms with Crippen molar-refractivity contribution in [3.05, 3.63) is 171 Å². The summed E-state index contributed by atoms with van der Waals surface area (Å²) in [6.45, 7) is 7.24. The standard InChI is InChI=1S/C47H47N2P/c1-33-13-12-18-40(31-33)48-44-26-23-37(32-42(44)45-46(48)41-19-10-11-20-43(41)47(45,2)3)35-21-24-39(25-22-35)49(38-16-8-5-9-17-38)50-29-27-36(28-30-50)34-14-6-4-7-15-34/h4-10,12-14,16-19,21-22,24-29,32,34,37,40H,11,15,20,23,30-31H2,1-3H3. The van der Waals surface area contributed by atoms with Crippen molar-refractivity contribution in [2.75, 3.05) is 10.8 Å². The van der Waals surface area contributed by atoms with Crippen LogP contribution in [0.1, 0.15) is 81.7 Å². The molecule has 50 heavy (non-hydrogen) atoms. The fraction of sp³-hybridized carbons (Fsp3) is 0.277. The summed E-state index contributed by atoms with van der Waals surface area (Å²) in [6, 6.07) is 20.9. The number of nitrogens with zero attached hydrogens (tertiary/aromatic N) is 2. The molecule has 4 unspecified atom stereocenters. The van der Waals surface area contributed by atoms with Crippen LogP contribution in [0.25, 0.3) is 17.7 Å². The summed E-state index contributed by atoms with van der Waals surface area (Å²) < 4.78 is 5.30. The van der Waals surface area contributed by atoms with E-state index < -0.39 is 8.07 Å². The molecule has 5 aliphatic carbocycles. The van der Waals surface area contributed by atoms with Gasteiger partial charge < -0.3 is 9.24 Å². The SMILES string of the molecule is CC1=CC=CC(n2c3c(c4c2=CCC(c2ccc(N(c5ccccc5)P5C=CC(C6C=CC=CC6)=CC5)cc2)C=4)C(C)(C)C2=C3C=CCC2)C1. The fourth-order valence-electron chi connectivity index (χ4n) is 9.29. The fourth-order valence-corrected chi connectivity index (χ4v) is 11.3. The van der Waals surface area contributed by atoms with Crippen LogP contribution in [0.3, 0.4) is 0 Å². The van der Waals surface area contributed by atoms with E-state index in [1.54, 1.807) is 11.1 Å². The van der Waals surface area contributed by atoms with Crippen LogP contribution in [0.15, 0.2) is 144 Å². The maximum Gasteiger partial charge on any atom is 0.0562 e. The lowest BCUT2D eigenvalue weighted by molar-refractivity contribution is 0.572. The number of aromatic nitrogens is 1. The van der Waals surface area contributed by atoms with Crippen molar-refractivity contribution in [3.63, 3.8) is 0 Å². The zero-order chi connectivity index (χ0) is 33.8. The van der Waals surface area contributed by atoms with Crippen LogP contribution in [-0.2, 0) is 5.41 Å². The Labute approximate surface area is 299 Å². The van der Waals surface area contributed by atoms with Crippen molar-refractivity contribution in [3.8, 4) is 0 Å². The molecule has 0 radical (unpaired) electrons. The van der Waals surface area contributed by atoms with E-state index in [1.807, 2.05) is 0 Å². The third-order valence-corrected chi connectivity index (χ3v) is 13.8. The van der Waals surface area contributed by atoms with Crippen molar-refractivity contribution in [2.45, 2.75) is 70.3 Å². The average molecular weight is 671 g/mol. The molecular weight excluding hydrogens is 624 g/mol. The average Bonchev–Trinajstić information content (AvgIpc) is 3.63. The van der Waals surface area contributed by atoms with E-state index in [0.29, 0.717) is 17.9 Å². The molecule has 0 bridgehead atoms. The molecule has 0 fully saturated rings. The number of para-hydroxylation sites is 1. The second kappa shape index (κ2) is 12.7. The van der Waals surface area contributed by atoms with Crippen LogP contribution >= 0.6 is 8.07 Å². The molecule has 1 aliphatic heterocycles. The van der Waals surface area contributed by atoms with Crippen molar-refractivity contribution < 1.29 is 0 Å². The van der Waals surface area contributed by atoms with Gasteiger partial charge in [-0.25, -0.2) is 0 Å². The molecule has 4 atom stereocenters. The first kappa shape index (κ1) is 31.6. The van der Waals surface area contributed by atoms with E-state index in [4.69, 9.17) is 0 Å². The second-order valence-corrected chi connectivity index (χ2v) is 17.2. The van der Waals surface area contributed by atoms with Crippen molar-refractivity contribution >= 4 is 37.2 Å². The lowest BCUT2D eigenvalue weighted by Gasteiger charge is -2.34. The summed E-state index contributed by atoms with van der Waals surface area (Å²) in [6.07, 6.45) is 37.5. The molecule has 1 aromatic heterocycles. The van der Waals surface area contributed by atoms with Gasteiger partial charge in [0.25, 0.3) is 0 Å². The Morgan fingerprint density at radius 2 is 1.68 bits per heavy atom. The van der Waals surface area contributed by atoms with Crippen LogP contribution in [0.4, 0.5) is 11.4 Å². The summed E-state index contributed by atoms with van der Waals surface area (Å²) >= 11 is 0. The summed E-state index contributed by atoms with van der Waals surface area (Å²) in [5, 5.41) is 2.90. The van der Waals surface area contributed by atoms with Gasteiger partial charge in [0.05, 0.1) is 11.7 Å². The highest BCUT2D eigenvalue weighted by atomic mass is 31.1. The van der Waals surface area contributed by atoms with Crippen LogP contribution in [0, 0.1) is 5.92 Å². The Balaban J connectivity index is 1.06. The molecule has 2 nitrogen and oxygen atoms in total. The Bertz CT molecular complexity index is 2210. The van der Waals surface area contributed by atoms with Crippen LogP contribution < -0.4 is 15.2 Å². The highest BCUT2D eigenvalue weighted by Crippen LogP contribution is 2.53. The topological polar surface area (TPSA) is 8.17 Å². The summed E-state index contributed by atoms with van der Waals surface area (Å²) in [4.78, 5) is 0. The van der Waals surface area contributed by atoms with E-state index in [2.05, 4.69) is 169 Å². The minimum Gasteiger partial charge on any atom is -0.333 e. The van der Waals surface area contributed by atoms with Gasteiger partial charge in [0.2, 0.25) is 0 Å². The maximum absolute atomic E-state index is 2.71. The van der Waals surface area contributed by atoms with Crippen LogP contribution in [0.5, 0.6) is 0 Å². The van der Waals surface area contributed by atoms with Gasteiger partial charge in [-0.3, -0.25) is 0 Å². The summed E-state index contributed by atoms with van der Waals surface area (Å²) in [7, 11) is -0.525. The highest BCUT2D eigenvalue weighted by molar-refractivity contribution is 7.63. The van der Waals surface area contributed by atoms with Gasteiger partial charge >= 0.3 is 0 Å². The molecule has 9 rings (SSSR count). The molecule has 0 N–H and O–H groups in total. The van der Waals surface area contributed by atoms with Crippen LogP contribution in [0.2, 0.25) is 0 Å². The number of fused-ring (bicyclic) bond motifs is 4. The molecule has 250 valence electrons. The molecule has 2 heterocycles. The maximum atomic E-state index is 2.71. The normalized spacial score (nSPS) is 25.7. The van der Waals surface area contributed by atoms with E-state index >= 15 is 0 Å². The zero-order valence-electron chi connectivity index (χ0n) is 29.6. The predicted molar refractivity (Wildman–Crippen MR) is 215 cm³/mol. The molecule has 3 heteroatoms. The minimum absolute atomic E-state index is 0.0360. The number of anilines is 2. The minimum atomic E-state index is -0.525. The number of rotatable bonds is 6. The molecule has 0 saturated heterocycles. The summed E-state index contributed by atoms with van der Waals surface area (Å²) in [5.74, 6) is 3.35. The molecule has 0 amide bonds. The Hall–Kier alpha value is -4.39. The van der Waals surface area contributed by atoms with Crippen LogP contribution in [-0.4, -0.2) is 10.7 Å². The third-order valence-electron chi connectivity index (χ3n) is 11.8. The molecule has 3 aromatic rings. The van der Waals surface area contributed by atoms with Gasteiger partial charge in [-0.05, 0) is 91.4 Å². The first-order valence-corrected chi connectivity index (χ1v) is 20.2. The second-order valence-electron chi connectivity index (χ2n) is 15.3. The van der Waals surface area contributed by atoms with E-state index in [0.717, 1.165) is 38.3 Å². The monoisotopic (exact) mass is 670 g/mol. The van der Waals surface area contributed by atoms with Gasteiger partial charge in [0, 0.05) is 53.4 Å². The van der Waals surface area contributed by atoms with E-state index in [9.17, 15) is 0 Å². The largest absolute Gasteiger partial charge is 0.333 e. The lowest BCUT2D eigenvalue weighted by Crippen LogP contribution is -2.38. The first-order valence-electron chi connectivity index (χ1n) is 18.6. The number of hydrogen-bond acceptors (Lipinski definition) is 1. The Morgan fingerprint density at radius 3 is 2.44 bits per heavy atom. The summed E-state index contributed by atoms with van der Waals surface area (Å²) in [5.41, 5.74) is 13.0. The van der Waals surface area contributed by atoms with Gasteiger partial charge in [-0.1, -0.05) is 134 Å². The van der Waals surface area contributed by atoms with Gasteiger partial charge in [-0.15, -0.1) is 0 Å². The van der Waals surface area contributed by atoms with Crippen molar-refractivity contribution in [2.24, 2.45) is 5.92 Å². The molecule has 0 saturated carbocycles.